The molecule has 26 heavy (non-hydrogen) atoms. The van der Waals surface area contributed by atoms with Crippen LogP contribution in [0.1, 0.15) is 30.5 Å². The van der Waals surface area contributed by atoms with Crippen molar-refractivity contribution < 1.29 is 9.59 Å². The molecule has 4 nitrogen and oxygen atoms in total. The number of hydrogen-bond donors (Lipinski definition) is 1. The molecule has 0 spiro atoms. The van der Waals surface area contributed by atoms with Crippen LogP contribution in [-0.2, 0) is 9.59 Å². The fourth-order valence-electron chi connectivity index (χ4n) is 3.00. The number of imide groups is 1. The zero-order valence-electron chi connectivity index (χ0n) is 15.3. The molecule has 3 rings (SSSR count). The van der Waals surface area contributed by atoms with Gasteiger partial charge in [0, 0.05) is 16.8 Å². The van der Waals surface area contributed by atoms with Crippen LogP contribution >= 0.6 is 11.6 Å². The van der Waals surface area contributed by atoms with Crippen molar-refractivity contribution in [2.75, 3.05) is 5.32 Å². The molecule has 0 saturated carbocycles. The van der Waals surface area contributed by atoms with E-state index in [1.807, 2.05) is 64.1 Å². The average Bonchev–Trinajstić information content (AvgIpc) is 2.83. The van der Waals surface area contributed by atoms with Gasteiger partial charge in [-0.05, 0) is 51.0 Å². The molecule has 5 heteroatoms. The fourth-order valence-corrected chi connectivity index (χ4v) is 3.17. The highest BCUT2D eigenvalue weighted by atomic mass is 35.5. The number of amides is 2. The van der Waals surface area contributed by atoms with Crippen LogP contribution in [0.4, 0.5) is 5.69 Å². The van der Waals surface area contributed by atoms with Crippen LogP contribution in [0.25, 0.3) is 5.57 Å². The molecule has 1 aliphatic heterocycles. The van der Waals surface area contributed by atoms with Gasteiger partial charge in [0.25, 0.3) is 11.8 Å². The molecule has 1 heterocycles. The summed E-state index contributed by atoms with van der Waals surface area (Å²) in [5.41, 5.74) is 4.03. The largest absolute Gasteiger partial charge is 0.350 e. The standard InChI is InChI=1S/C21H21ClN2O2/c1-12(2)24-20(25)18(15-10-8-13(3)9-11-15)19(21(24)26)23-17-7-5-6-16(22)14(17)4/h5-12,23H,1-4H3. The van der Waals surface area contributed by atoms with E-state index in [1.54, 1.807) is 6.07 Å². The molecule has 1 N–H and O–H groups in total. The molecule has 0 aromatic heterocycles. The third-order valence-corrected chi connectivity index (χ3v) is 4.91. The minimum atomic E-state index is -0.319. The summed E-state index contributed by atoms with van der Waals surface area (Å²) in [6, 6.07) is 12.8. The summed E-state index contributed by atoms with van der Waals surface area (Å²) in [4.78, 5) is 27.2. The van der Waals surface area contributed by atoms with Gasteiger partial charge in [-0.2, -0.15) is 0 Å². The number of hydrogen-bond acceptors (Lipinski definition) is 3. The van der Waals surface area contributed by atoms with E-state index < -0.39 is 0 Å². The maximum absolute atomic E-state index is 13.0. The van der Waals surface area contributed by atoms with Crippen molar-refractivity contribution in [3.63, 3.8) is 0 Å². The van der Waals surface area contributed by atoms with Crippen LogP contribution in [0, 0.1) is 13.8 Å². The summed E-state index contributed by atoms with van der Waals surface area (Å²) in [7, 11) is 0. The maximum atomic E-state index is 13.0. The molecular formula is C21H21ClN2O2. The summed E-state index contributed by atoms with van der Waals surface area (Å²) in [6.45, 7) is 7.51. The SMILES string of the molecule is Cc1ccc(C2=C(Nc3cccc(Cl)c3C)C(=O)N(C(C)C)C2=O)cc1. The molecule has 0 bridgehead atoms. The van der Waals surface area contributed by atoms with Crippen molar-refractivity contribution in [1.29, 1.82) is 0 Å². The van der Waals surface area contributed by atoms with Crippen LogP contribution in [-0.4, -0.2) is 22.8 Å². The van der Waals surface area contributed by atoms with E-state index in [1.165, 1.54) is 4.90 Å². The lowest BCUT2D eigenvalue weighted by atomic mass is 10.0. The second-order valence-corrected chi connectivity index (χ2v) is 7.13. The Labute approximate surface area is 158 Å². The van der Waals surface area contributed by atoms with E-state index in [0.717, 1.165) is 16.7 Å². The first-order valence-corrected chi connectivity index (χ1v) is 8.90. The van der Waals surface area contributed by atoms with Gasteiger partial charge < -0.3 is 5.32 Å². The smallest absolute Gasteiger partial charge is 0.278 e. The molecule has 0 fully saturated rings. The monoisotopic (exact) mass is 368 g/mol. The summed E-state index contributed by atoms with van der Waals surface area (Å²) >= 11 is 6.20. The van der Waals surface area contributed by atoms with Crippen molar-refractivity contribution in [1.82, 2.24) is 4.90 Å². The van der Waals surface area contributed by atoms with Crippen LogP contribution in [0.5, 0.6) is 0 Å². The van der Waals surface area contributed by atoms with Crippen LogP contribution in [0.15, 0.2) is 48.2 Å². The van der Waals surface area contributed by atoms with Crippen molar-refractivity contribution >= 4 is 34.7 Å². The van der Waals surface area contributed by atoms with Gasteiger partial charge in [-0.15, -0.1) is 0 Å². The highest BCUT2D eigenvalue weighted by molar-refractivity contribution is 6.37. The first-order valence-electron chi connectivity index (χ1n) is 8.52. The number of anilines is 1. The predicted molar refractivity (Wildman–Crippen MR) is 105 cm³/mol. The maximum Gasteiger partial charge on any atom is 0.278 e. The number of carbonyl (C=O) groups excluding carboxylic acids is 2. The number of nitrogens with one attached hydrogen (secondary N) is 1. The number of halogens is 1. The van der Waals surface area contributed by atoms with Gasteiger partial charge >= 0.3 is 0 Å². The second-order valence-electron chi connectivity index (χ2n) is 6.73. The van der Waals surface area contributed by atoms with Gasteiger partial charge in [0.15, 0.2) is 0 Å². The molecule has 0 atom stereocenters. The molecule has 0 unspecified atom stereocenters. The molecular weight excluding hydrogens is 348 g/mol. The van der Waals surface area contributed by atoms with E-state index in [4.69, 9.17) is 11.6 Å². The minimum Gasteiger partial charge on any atom is -0.350 e. The Kier molecular flexibility index (Phi) is 4.88. The van der Waals surface area contributed by atoms with E-state index in [9.17, 15) is 9.59 Å². The van der Waals surface area contributed by atoms with E-state index in [0.29, 0.717) is 16.3 Å². The molecule has 2 amide bonds. The normalized spacial score (nSPS) is 14.6. The van der Waals surface area contributed by atoms with Gasteiger partial charge in [0.05, 0.1) is 5.57 Å². The lowest BCUT2D eigenvalue weighted by Gasteiger charge is -2.19. The van der Waals surface area contributed by atoms with Gasteiger partial charge in [0.1, 0.15) is 5.70 Å². The average molecular weight is 369 g/mol. The summed E-state index contributed by atoms with van der Waals surface area (Å²) < 4.78 is 0. The van der Waals surface area contributed by atoms with Crippen molar-refractivity contribution in [2.45, 2.75) is 33.7 Å². The molecule has 1 aliphatic rings. The van der Waals surface area contributed by atoms with Crippen LogP contribution in [0.2, 0.25) is 5.02 Å². The number of rotatable bonds is 4. The molecule has 0 aliphatic carbocycles. The third-order valence-electron chi connectivity index (χ3n) is 4.50. The zero-order valence-corrected chi connectivity index (χ0v) is 16.0. The number of benzene rings is 2. The lowest BCUT2D eigenvalue weighted by Crippen LogP contribution is -2.38. The molecule has 2 aromatic carbocycles. The zero-order chi connectivity index (χ0) is 19.0. The molecule has 2 aromatic rings. The topological polar surface area (TPSA) is 49.4 Å². The number of carbonyl (C=O) groups is 2. The summed E-state index contributed by atoms with van der Waals surface area (Å²) in [5, 5.41) is 3.76. The Morgan fingerprint density at radius 1 is 0.962 bits per heavy atom. The highest BCUT2D eigenvalue weighted by Crippen LogP contribution is 2.33. The van der Waals surface area contributed by atoms with E-state index >= 15 is 0 Å². The Hall–Kier alpha value is -2.59. The van der Waals surface area contributed by atoms with Gasteiger partial charge in [-0.1, -0.05) is 47.5 Å². The number of nitrogens with zero attached hydrogens (tertiary/aromatic N) is 1. The Morgan fingerprint density at radius 3 is 2.23 bits per heavy atom. The number of aryl methyl sites for hydroxylation is 1. The molecule has 134 valence electrons. The molecule has 0 radical (unpaired) electrons. The van der Waals surface area contributed by atoms with Crippen LogP contribution < -0.4 is 5.32 Å². The van der Waals surface area contributed by atoms with E-state index in [2.05, 4.69) is 5.32 Å². The summed E-state index contributed by atoms with van der Waals surface area (Å²) in [6.07, 6.45) is 0. The highest BCUT2D eigenvalue weighted by Gasteiger charge is 2.40. The first kappa shape index (κ1) is 18.2. The molecule has 0 saturated heterocycles. The lowest BCUT2D eigenvalue weighted by molar-refractivity contribution is -0.138. The Bertz CT molecular complexity index is 914. The quantitative estimate of drug-likeness (QED) is 0.805. The predicted octanol–water partition coefficient (Wildman–Crippen LogP) is 4.56. The van der Waals surface area contributed by atoms with Crippen molar-refractivity contribution in [3.05, 3.63) is 69.9 Å². The second kappa shape index (κ2) is 6.96. The Morgan fingerprint density at radius 2 is 1.62 bits per heavy atom. The summed E-state index contributed by atoms with van der Waals surface area (Å²) in [5.74, 6) is -0.601. The van der Waals surface area contributed by atoms with Crippen molar-refractivity contribution in [2.24, 2.45) is 0 Å². The van der Waals surface area contributed by atoms with Crippen LogP contribution in [0.3, 0.4) is 0 Å². The third kappa shape index (κ3) is 3.13. The van der Waals surface area contributed by atoms with Crippen molar-refractivity contribution in [3.8, 4) is 0 Å². The van der Waals surface area contributed by atoms with Gasteiger partial charge in [-0.25, -0.2) is 0 Å². The van der Waals surface area contributed by atoms with E-state index in [-0.39, 0.29) is 23.6 Å². The van der Waals surface area contributed by atoms with Gasteiger partial charge in [0.2, 0.25) is 0 Å². The fraction of sp³-hybridized carbons (Fsp3) is 0.238. The minimum absolute atomic E-state index is 0.227. The first-order chi connectivity index (χ1) is 12.3. The van der Waals surface area contributed by atoms with Gasteiger partial charge in [-0.3, -0.25) is 14.5 Å². The Balaban J connectivity index is 2.14.